The van der Waals surface area contributed by atoms with Crippen molar-refractivity contribution in [3.8, 4) is 22.5 Å². The van der Waals surface area contributed by atoms with Crippen LogP contribution in [-0.4, -0.2) is 97.3 Å². The van der Waals surface area contributed by atoms with Crippen molar-refractivity contribution in [1.29, 1.82) is 0 Å². The number of ether oxygens (including phenoxy) is 2. The Balaban J connectivity index is 0.000000182. The number of aromatic nitrogens is 6. The molecule has 2 aromatic carbocycles. The maximum absolute atomic E-state index is 13.0. The van der Waals surface area contributed by atoms with E-state index in [1.54, 1.807) is 85.4 Å². The monoisotopic (exact) mass is 898 g/mol. The van der Waals surface area contributed by atoms with Gasteiger partial charge in [-0.25, -0.2) is 19.9 Å². The molecule has 65 heavy (non-hydrogen) atoms. The number of hydrogen-bond acceptors (Lipinski definition) is 15. The van der Waals surface area contributed by atoms with Gasteiger partial charge in [0.1, 0.15) is 0 Å². The van der Waals surface area contributed by atoms with E-state index in [0.29, 0.717) is 67.9 Å². The summed E-state index contributed by atoms with van der Waals surface area (Å²) >= 11 is 5.48. The molecule has 0 unspecified atom stereocenters. The molecule has 4 aromatic heterocycles. The van der Waals surface area contributed by atoms with Gasteiger partial charge in [-0.1, -0.05) is 12.1 Å². The van der Waals surface area contributed by atoms with Crippen molar-refractivity contribution in [2.75, 3.05) is 50.0 Å². The molecule has 8 rings (SSSR count). The first-order valence-electron chi connectivity index (χ1n) is 21.4. The number of pyridine rings is 2. The second-order valence-electron chi connectivity index (χ2n) is 14.8. The highest BCUT2D eigenvalue weighted by Crippen LogP contribution is 2.24. The second kappa shape index (κ2) is 24.6. The normalized spacial score (nSPS) is 13.7. The first kappa shape index (κ1) is 47.3. The molecule has 16 nitrogen and oxygen atoms in total. The molecule has 6 heterocycles. The third-order valence-electron chi connectivity index (χ3n) is 10.3. The molecule has 336 valence electrons. The highest BCUT2D eigenvalue weighted by atomic mass is 35.5. The van der Waals surface area contributed by atoms with Crippen LogP contribution in [0.25, 0.3) is 22.5 Å². The van der Waals surface area contributed by atoms with Crippen LogP contribution in [0.1, 0.15) is 60.2 Å². The second-order valence-corrected chi connectivity index (χ2v) is 15.1. The van der Waals surface area contributed by atoms with Crippen LogP contribution in [0.2, 0.25) is 0 Å². The van der Waals surface area contributed by atoms with Crippen molar-refractivity contribution in [1.82, 2.24) is 40.1 Å². The minimum Gasteiger partial charge on any atom is -0.466 e. The van der Waals surface area contributed by atoms with Gasteiger partial charge < -0.3 is 30.3 Å². The van der Waals surface area contributed by atoms with Crippen LogP contribution in [0.15, 0.2) is 122 Å². The molecule has 0 bridgehead atoms. The number of piperidine rings is 2. The zero-order chi connectivity index (χ0) is 45.8. The number of amides is 1. The minimum absolute atomic E-state index is 0.0194. The average Bonchev–Trinajstić information content (AvgIpc) is 3.35. The van der Waals surface area contributed by atoms with Crippen LogP contribution in [0, 0.1) is 11.8 Å². The maximum atomic E-state index is 13.0. The summed E-state index contributed by atoms with van der Waals surface area (Å²) in [4.78, 5) is 74.6. The number of nitrogens with zero attached hydrogens (tertiary/aromatic N) is 7. The number of hydrogen-bond donors (Lipinski definition) is 3. The standard InChI is InChI=1S/C24H25N5O3.C16H11ClN4O.C8H15NO2/c1-2-32-23(31)18-9-14-29(15-10-18)22(30)19-4-3-5-20(16-19)27-24-26-13-8-21(28-24)17-6-11-25-12-7-17;17-15(22)11-3-1-5-13(9-11)20-16-19-8-6-14(21-16)12-4-2-7-18-10-12;1-2-11-8(10)7-3-5-9-6-4-7/h3-8,11-13,16,18H,2,9-10,14-15H2,1H3,(H,26,27,28);1-10H,(H,19,20,21);7,9H,2-6H2,1H3. The van der Waals surface area contributed by atoms with E-state index in [2.05, 4.69) is 45.9 Å². The van der Waals surface area contributed by atoms with Crippen molar-refractivity contribution in [3.05, 3.63) is 133 Å². The van der Waals surface area contributed by atoms with E-state index < -0.39 is 5.24 Å². The molecule has 0 aliphatic carbocycles. The van der Waals surface area contributed by atoms with Gasteiger partial charge in [-0.15, -0.1) is 0 Å². The summed E-state index contributed by atoms with van der Waals surface area (Å²) in [5.41, 5.74) is 5.79. The SMILES string of the molecule is CCOC(=O)C1CCN(C(=O)c2cccc(Nc3nccc(-c4ccncc4)n3)c2)CC1.CCOC(=O)C1CCNCC1.O=C(Cl)c1cccc(Nc2nccc(-c3cccnc3)n2)c1. The van der Waals surface area contributed by atoms with Gasteiger partial charge in [0.15, 0.2) is 0 Å². The molecule has 0 saturated carbocycles. The Morgan fingerprint density at radius 3 is 1.75 bits per heavy atom. The summed E-state index contributed by atoms with van der Waals surface area (Å²) in [6.45, 7) is 7.51. The lowest BCUT2D eigenvalue weighted by atomic mass is 9.96. The average molecular weight is 899 g/mol. The number of halogens is 1. The number of carbonyl (C=O) groups excluding carboxylic acids is 4. The van der Waals surface area contributed by atoms with E-state index in [1.165, 1.54) is 0 Å². The van der Waals surface area contributed by atoms with Crippen molar-refractivity contribution in [3.63, 3.8) is 0 Å². The van der Waals surface area contributed by atoms with Gasteiger partial charge in [-0.05, 0) is 137 Å². The number of likely N-dealkylation sites (tertiary alicyclic amines) is 1. The van der Waals surface area contributed by atoms with Crippen molar-refractivity contribution >= 4 is 58.0 Å². The van der Waals surface area contributed by atoms with Crippen LogP contribution in [0.4, 0.5) is 23.3 Å². The highest BCUT2D eigenvalue weighted by Gasteiger charge is 2.29. The molecule has 2 saturated heterocycles. The molecule has 17 heteroatoms. The van der Waals surface area contributed by atoms with E-state index in [9.17, 15) is 19.2 Å². The zero-order valence-corrected chi connectivity index (χ0v) is 37.0. The summed E-state index contributed by atoms with van der Waals surface area (Å²) in [6.07, 6.45) is 13.3. The largest absolute Gasteiger partial charge is 0.466 e. The van der Waals surface area contributed by atoms with Crippen LogP contribution in [0.3, 0.4) is 0 Å². The first-order chi connectivity index (χ1) is 31.7. The maximum Gasteiger partial charge on any atom is 0.309 e. The van der Waals surface area contributed by atoms with E-state index in [0.717, 1.165) is 54.1 Å². The number of esters is 2. The molecule has 2 fully saturated rings. The third kappa shape index (κ3) is 14.4. The van der Waals surface area contributed by atoms with Crippen molar-refractivity contribution < 1.29 is 28.7 Å². The molecule has 0 atom stereocenters. The Bertz CT molecular complexity index is 2490. The lowest BCUT2D eigenvalue weighted by Gasteiger charge is -2.31. The van der Waals surface area contributed by atoms with Crippen LogP contribution >= 0.6 is 11.6 Å². The minimum atomic E-state index is -0.506. The van der Waals surface area contributed by atoms with E-state index >= 15 is 0 Å². The number of nitrogens with one attached hydrogen (secondary N) is 3. The Labute approximate surface area is 382 Å². The predicted molar refractivity (Wildman–Crippen MR) is 248 cm³/mol. The van der Waals surface area contributed by atoms with Gasteiger partial charge in [0.2, 0.25) is 11.9 Å². The summed E-state index contributed by atoms with van der Waals surface area (Å²) in [5, 5.41) is 8.93. The van der Waals surface area contributed by atoms with Gasteiger partial charge in [0.05, 0.1) is 36.4 Å². The van der Waals surface area contributed by atoms with Crippen LogP contribution < -0.4 is 16.0 Å². The lowest BCUT2D eigenvalue weighted by Crippen LogP contribution is -2.40. The molecule has 3 N–H and O–H groups in total. The molecular weight excluding hydrogens is 848 g/mol. The quantitative estimate of drug-likeness (QED) is 0.0789. The fourth-order valence-electron chi connectivity index (χ4n) is 6.98. The summed E-state index contributed by atoms with van der Waals surface area (Å²) < 4.78 is 10.0. The van der Waals surface area contributed by atoms with Gasteiger partial charge in [0, 0.05) is 83.9 Å². The Hall–Kier alpha value is -7.17. The van der Waals surface area contributed by atoms with E-state index in [-0.39, 0.29) is 29.7 Å². The molecule has 0 radical (unpaired) electrons. The fraction of sp³-hybridized carbons (Fsp3) is 0.292. The number of anilines is 4. The van der Waals surface area contributed by atoms with Crippen molar-refractivity contribution in [2.45, 2.75) is 39.5 Å². The number of benzene rings is 2. The Kier molecular flexibility index (Phi) is 17.9. The number of carbonyl (C=O) groups is 4. The number of rotatable bonds is 12. The van der Waals surface area contributed by atoms with Gasteiger partial charge in [0.25, 0.3) is 11.1 Å². The molecule has 2 aliphatic heterocycles. The summed E-state index contributed by atoms with van der Waals surface area (Å²) in [5.74, 6) is 0.656. The zero-order valence-electron chi connectivity index (χ0n) is 36.2. The van der Waals surface area contributed by atoms with Crippen LogP contribution in [-0.2, 0) is 19.1 Å². The Morgan fingerprint density at radius 1 is 0.646 bits per heavy atom. The summed E-state index contributed by atoms with van der Waals surface area (Å²) in [7, 11) is 0. The van der Waals surface area contributed by atoms with Crippen LogP contribution in [0.5, 0.6) is 0 Å². The van der Waals surface area contributed by atoms with Gasteiger partial charge >= 0.3 is 11.9 Å². The topological polar surface area (TPSA) is 203 Å². The molecular formula is C48H51ClN10O6. The fourth-order valence-corrected chi connectivity index (χ4v) is 7.10. The molecule has 2 aliphatic rings. The van der Waals surface area contributed by atoms with E-state index in [4.69, 9.17) is 21.1 Å². The third-order valence-corrected chi connectivity index (χ3v) is 10.5. The predicted octanol–water partition coefficient (Wildman–Crippen LogP) is 7.91. The lowest BCUT2D eigenvalue weighted by molar-refractivity contribution is -0.150. The highest BCUT2D eigenvalue weighted by molar-refractivity contribution is 6.67. The smallest absolute Gasteiger partial charge is 0.309 e. The first-order valence-corrected chi connectivity index (χ1v) is 21.8. The van der Waals surface area contributed by atoms with E-state index in [1.807, 2.05) is 55.5 Å². The molecule has 0 spiro atoms. The van der Waals surface area contributed by atoms with Gasteiger partial charge in [-0.3, -0.25) is 29.1 Å². The molecule has 6 aromatic rings. The summed E-state index contributed by atoms with van der Waals surface area (Å²) in [6, 6.07) is 25.3. The molecule has 1 amide bonds. The van der Waals surface area contributed by atoms with Gasteiger partial charge in [-0.2, -0.15) is 0 Å². The Morgan fingerprint density at radius 2 is 1.20 bits per heavy atom. The van der Waals surface area contributed by atoms with Crippen molar-refractivity contribution in [2.24, 2.45) is 11.8 Å².